The van der Waals surface area contributed by atoms with E-state index in [9.17, 15) is 9.90 Å². The Labute approximate surface area is 156 Å². The summed E-state index contributed by atoms with van der Waals surface area (Å²) in [7, 11) is 2.02. The topological polar surface area (TPSA) is 82.9 Å². The molecule has 0 bridgehead atoms. The quantitative estimate of drug-likeness (QED) is 0.521. The van der Waals surface area contributed by atoms with E-state index in [1.54, 1.807) is 19.2 Å². The molecule has 1 aromatic carbocycles. The summed E-state index contributed by atoms with van der Waals surface area (Å²) in [6.07, 6.45) is 3.11. The summed E-state index contributed by atoms with van der Waals surface area (Å²) < 4.78 is 2.10. The number of aliphatic hydroxyl groups excluding tert-OH is 1. The number of aromatic amines is 1. The smallest absolute Gasteiger partial charge is 0.252 e. The Morgan fingerprint density at radius 2 is 2.11 bits per heavy atom. The number of nitrogens with zero attached hydrogens (tertiary/aromatic N) is 2. The van der Waals surface area contributed by atoms with Gasteiger partial charge in [0.2, 0.25) is 0 Å². The molecule has 0 saturated heterocycles. The largest absolute Gasteiger partial charge is 0.392 e. The average Bonchev–Trinajstić information content (AvgIpc) is 3.20. The van der Waals surface area contributed by atoms with Crippen LogP contribution in [0, 0.1) is 6.92 Å². The van der Waals surface area contributed by atoms with Crippen molar-refractivity contribution in [2.24, 2.45) is 7.05 Å². The maximum atomic E-state index is 12.5. The molecule has 1 amide bonds. The zero-order chi connectivity index (χ0) is 19.1. The van der Waals surface area contributed by atoms with Crippen molar-refractivity contribution in [3.05, 3.63) is 53.9 Å². The zero-order valence-electron chi connectivity index (χ0n) is 15.6. The predicted molar refractivity (Wildman–Crippen MR) is 107 cm³/mol. The molecule has 1 atom stereocenters. The third kappa shape index (κ3) is 3.08. The molecule has 27 heavy (non-hydrogen) atoms. The Morgan fingerprint density at radius 3 is 2.89 bits per heavy atom. The number of H-pyrrole nitrogens is 1. The maximum absolute atomic E-state index is 12.5. The number of aliphatic hydroxyl groups is 1. The number of aromatic nitrogens is 3. The molecule has 6 nitrogen and oxygen atoms in total. The lowest BCUT2D eigenvalue weighted by molar-refractivity contribution is 0.0925. The third-order valence-electron chi connectivity index (χ3n) is 4.77. The van der Waals surface area contributed by atoms with Gasteiger partial charge in [-0.2, -0.15) is 0 Å². The van der Waals surface area contributed by atoms with Crippen molar-refractivity contribution in [2.75, 3.05) is 6.54 Å². The van der Waals surface area contributed by atoms with Gasteiger partial charge in [0.25, 0.3) is 5.91 Å². The molecule has 0 aliphatic rings. The average molecular weight is 362 g/mol. The molecule has 0 radical (unpaired) electrons. The summed E-state index contributed by atoms with van der Waals surface area (Å²) in [4.78, 5) is 20.2. The van der Waals surface area contributed by atoms with E-state index in [0.29, 0.717) is 11.2 Å². The van der Waals surface area contributed by atoms with Gasteiger partial charge in [-0.25, -0.2) is 4.98 Å². The lowest BCUT2D eigenvalue weighted by Crippen LogP contribution is -2.30. The number of amides is 1. The van der Waals surface area contributed by atoms with Crippen LogP contribution in [0.3, 0.4) is 0 Å². The van der Waals surface area contributed by atoms with Gasteiger partial charge >= 0.3 is 0 Å². The summed E-state index contributed by atoms with van der Waals surface area (Å²) in [6.45, 7) is 3.93. The Morgan fingerprint density at radius 1 is 1.30 bits per heavy atom. The number of rotatable bonds is 4. The van der Waals surface area contributed by atoms with E-state index in [2.05, 4.69) is 51.2 Å². The van der Waals surface area contributed by atoms with Crippen LogP contribution in [0.25, 0.3) is 33.2 Å². The van der Waals surface area contributed by atoms with Crippen molar-refractivity contribution in [3.63, 3.8) is 0 Å². The van der Waals surface area contributed by atoms with Crippen LogP contribution in [-0.2, 0) is 7.05 Å². The molecule has 4 aromatic rings. The third-order valence-corrected chi connectivity index (χ3v) is 4.77. The fourth-order valence-corrected chi connectivity index (χ4v) is 3.43. The molecule has 0 fully saturated rings. The molecular weight excluding hydrogens is 340 g/mol. The number of aryl methyl sites for hydroxylation is 2. The highest BCUT2D eigenvalue weighted by molar-refractivity contribution is 6.07. The first-order valence-electron chi connectivity index (χ1n) is 8.94. The van der Waals surface area contributed by atoms with Crippen molar-refractivity contribution in [1.82, 2.24) is 19.9 Å². The van der Waals surface area contributed by atoms with Crippen LogP contribution in [0.4, 0.5) is 0 Å². The van der Waals surface area contributed by atoms with Crippen LogP contribution in [-0.4, -0.2) is 38.2 Å². The molecule has 3 N–H and O–H groups in total. The molecule has 0 aliphatic heterocycles. The minimum Gasteiger partial charge on any atom is -0.392 e. The van der Waals surface area contributed by atoms with E-state index in [-0.39, 0.29) is 12.5 Å². The SMILES string of the molecule is Cc1ccc2c(c1)c(-c1cc3c(C(=O)NCC(C)O)ccnc3[nH]1)cn2C. The molecule has 1 unspecified atom stereocenters. The Hall–Kier alpha value is -3.12. The van der Waals surface area contributed by atoms with Crippen LogP contribution in [0.5, 0.6) is 0 Å². The maximum Gasteiger partial charge on any atom is 0.252 e. The van der Waals surface area contributed by atoms with Crippen LogP contribution in [0.2, 0.25) is 0 Å². The number of pyridine rings is 1. The predicted octanol–water partition coefficient (Wildman–Crippen LogP) is 3.14. The summed E-state index contributed by atoms with van der Waals surface area (Å²) in [5.74, 6) is -0.220. The van der Waals surface area contributed by atoms with E-state index in [4.69, 9.17) is 0 Å². The van der Waals surface area contributed by atoms with E-state index in [1.807, 2.05) is 13.1 Å². The summed E-state index contributed by atoms with van der Waals surface area (Å²) >= 11 is 0. The molecule has 3 heterocycles. The van der Waals surface area contributed by atoms with E-state index in [1.165, 1.54) is 5.56 Å². The van der Waals surface area contributed by atoms with Crippen molar-refractivity contribution in [1.29, 1.82) is 0 Å². The second kappa shape index (κ2) is 6.55. The fraction of sp³-hybridized carbons (Fsp3) is 0.238. The van der Waals surface area contributed by atoms with Gasteiger partial charge in [-0.3, -0.25) is 4.79 Å². The number of benzene rings is 1. The van der Waals surface area contributed by atoms with Gasteiger partial charge in [-0.05, 0) is 38.1 Å². The highest BCUT2D eigenvalue weighted by atomic mass is 16.3. The second-order valence-corrected chi connectivity index (χ2v) is 7.04. The summed E-state index contributed by atoms with van der Waals surface area (Å²) in [5.41, 5.74) is 5.55. The Balaban J connectivity index is 1.82. The van der Waals surface area contributed by atoms with E-state index >= 15 is 0 Å². The first-order chi connectivity index (χ1) is 12.9. The van der Waals surface area contributed by atoms with Gasteiger partial charge in [0, 0.05) is 53.5 Å². The molecule has 138 valence electrons. The van der Waals surface area contributed by atoms with Crippen molar-refractivity contribution in [3.8, 4) is 11.3 Å². The number of hydrogen-bond donors (Lipinski definition) is 3. The Kier molecular flexibility index (Phi) is 4.20. The minimum absolute atomic E-state index is 0.211. The first kappa shape index (κ1) is 17.3. The normalized spacial score (nSPS) is 12.6. The number of carbonyl (C=O) groups excluding carboxylic acids is 1. The molecule has 4 rings (SSSR count). The Bertz CT molecular complexity index is 1150. The highest BCUT2D eigenvalue weighted by Gasteiger charge is 2.16. The molecular formula is C21H22N4O2. The number of carbonyl (C=O) groups is 1. The highest BCUT2D eigenvalue weighted by Crippen LogP contribution is 2.32. The van der Waals surface area contributed by atoms with Gasteiger partial charge in [0.15, 0.2) is 0 Å². The van der Waals surface area contributed by atoms with E-state index in [0.717, 1.165) is 27.5 Å². The summed E-state index contributed by atoms with van der Waals surface area (Å²) in [6, 6.07) is 10.1. The van der Waals surface area contributed by atoms with Gasteiger partial charge in [-0.1, -0.05) is 11.6 Å². The fourth-order valence-electron chi connectivity index (χ4n) is 3.43. The number of fused-ring (bicyclic) bond motifs is 2. The van der Waals surface area contributed by atoms with Crippen LogP contribution in [0.1, 0.15) is 22.8 Å². The van der Waals surface area contributed by atoms with Crippen LogP contribution in [0.15, 0.2) is 42.7 Å². The second-order valence-electron chi connectivity index (χ2n) is 7.04. The lowest BCUT2D eigenvalue weighted by Gasteiger charge is -2.07. The molecule has 0 spiro atoms. The first-order valence-corrected chi connectivity index (χ1v) is 8.94. The lowest BCUT2D eigenvalue weighted by atomic mass is 10.1. The van der Waals surface area contributed by atoms with Gasteiger partial charge in [0.05, 0.1) is 11.7 Å². The molecule has 0 aliphatic carbocycles. The monoisotopic (exact) mass is 362 g/mol. The van der Waals surface area contributed by atoms with E-state index < -0.39 is 6.10 Å². The van der Waals surface area contributed by atoms with Crippen molar-refractivity contribution < 1.29 is 9.90 Å². The minimum atomic E-state index is -0.591. The zero-order valence-corrected chi connectivity index (χ0v) is 15.6. The van der Waals surface area contributed by atoms with Crippen molar-refractivity contribution >= 4 is 27.8 Å². The van der Waals surface area contributed by atoms with Crippen molar-refractivity contribution in [2.45, 2.75) is 20.0 Å². The molecule has 6 heteroatoms. The molecule has 3 aromatic heterocycles. The van der Waals surface area contributed by atoms with Crippen LogP contribution >= 0.6 is 0 Å². The number of nitrogens with one attached hydrogen (secondary N) is 2. The molecule has 0 saturated carbocycles. The standard InChI is InChI=1S/C21H22N4O2/c1-12-4-5-19-15(8-12)17(11-25(19)3)18-9-16-14(6-7-22-20(16)24-18)21(27)23-10-13(2)26/h4-9,11,13,26H,10H2,1-3H3,(H,22,24)(H,23,27). The van der Waals surface area contributed by atoms with Gasteiger partial charge in [-0.15, -0.1) is 0 Å². The van der Waals surface area contributed by atoms with Gasteiger partial charge in [0.1, 0.15) is 5.65 Å². The summed E-state index contributed by atoms with van der Waals surface area (Å²) in [5, 5.41) is 14.1. The van der Waals surface area contributed by atoms with Gasteiger partial charge < -0.3 is 20.0 Å². The van der Waals surface area contributed by atoms with Crippen LogP contribution < -0.4 is 5.32 Å². The number of hydrogen-bond acceptors (Lipinski definition) is 3.